The van der Waals surface area contributed by atoms with Crippen molar-refractivity contribution in [3.63, 3.8) is 0 Å². The lowest BCUT2D eigenvalue weighted by atomic mass is 9.97. The first-order chi connectivity index (χ1) is 20.3. The Labute approximate surface area is 250 Å². The van der Waals surface area contributed by atoms with Gasteiger partial charge in [0.05, 0.1) is 17.8 Å². The number of nitrogens with zero attached hydrogens (tertiary/aromatic N) is 6. The number of carbonyl (C=O) groups excluding carboxylic acids is 2. The third kappa shape index (κ3) is 4.99. The van der Waals surface area contributed by atoms with Crippen molar-refractivity contribution < 1.29 is 18.7 Å². The Bertz CT molecular complexity index is 1450. The Morgan fingerprint density at radius 3 is 2.64 bits per heavy atom. The molecular formula is C31H34ClFN6O3. The maximum Gasteiger partial charge on any atom is 0.261 e. The molecule has 3 atom stereocenters. The van der Waals surface area contributed by atoms with Crippen LogP contribution in [-0.2, 0) is 4.79 Å². The SMILES string of the molecule is C=CC(=O)N1CCN2C(=O)c3c(N4CC(N5CCC(C#N)CC5)C[C@@H]4C)nc(-c4ccccc4F)c(Cl)c3OC[C@H]2C1. The highest BCUT2D eigenvalue weighted by molar-refractivity contribution is 6.35. The van der Waals surface area contributed by atoms with Gasteiger partial charge in [0.15, 0.2) is 5.75 Å². The maximum atomic E-state index is 15.1. The average Bonchev–Trinajstić information content (AvgIpc) is 3.33. The van der Waals surface area contributed by atoms with Crippen molar-refractivity contribution in [1.82, 2.24) is 19.7 Å². The van der Waals surface area contributed by atoms with Gasteiger partial charge in [-0.3, -0.25) is 14.5 Å². The van der Waals surface area contributed by atoms with Gasteiger partial charge in [0.1, 0.15) is 28.8 Å². The number of piperidine rings is 1. The number of aromatic nitrogens is 1. The van der Waals surface area contributed by atoms with Crippen LogP contribution in [0.2, 0.25) is 5.02 Å². The molecule has 4 aliphatic rings. The molecule has 1 aromatic carbocycles. The number of carbonyl (C=O) groups is 2. The summed E-state index contributed by atoms with van der Waals surface area (Å²) in [4.78, 5) is 39.5. The molecule has 3 saturated heterocycles. The summed E-state index contributed by atoms with van der Waals surface area (Å²) in [6.45, 7) is 9.20. The van der Waals surface area contributed by atoms with Gasteiger partial charge in [0, 0.05) is 49.7 Å². The zero-order valence-electron chi connectivity index (χ0n) is 23.6. The largest absolute Gasteiger partial charge is 0.489 e. The van der Waals surface area contributed by atoms with Crippen LogP contribution in [0.25, 0.3) is 11.3 Å². The highest BCUT2D eigenvalue weighted by Crippen LogP contribution is 2.45. The minimum absolute atomic E-state index is 0.0452. The Kier molecular flexibility index (Phi) is 7.81. The smallest absolute Gasteiger partial charge is 0.261 e. The molecule has 0 radical (unpaired) electrons. The molecule has 11 heteroatoms. The number of benzene rings is 1. The highest BCUT2D eigenvalue weighted by atomic mass is 35.5. The fraction of sp³-hybridized carbons (Fsp3) is 0.484. The average molecular weight is 593 g/mol. The van der Waals surface area contributed by atoms with Crippen LogP contribution >= 0.6 is 11.6 Å². The monoisotopic (exact) mass is 592 g/mol. The lowest BCUT2D eigenvalue weighted by Crippen LogP contribution is -2.57. The van der Waals surface area contributed by atoms with E-state index >= 15 is 4.39 Å². The van der Waals surface area contributed by atoms with Crippen molar-refractivity contribution in [2.45, 2.75) is 44.3 Å². The zero-order valence-corrected chi connectivity index (χ0v) is 24.4. The van der Waals surface area contributed by atoms with E-state index in [0.29, 0.717) is 32.0 Å². The van der Waals surface area contributed by atoms with E-state index in [0.717, 1.165) is 32.4 Å². The molecule has 2 aromatic rings. The standard InChI is InChI=1S/C31H34ClFN6O3/c1-3-25(40)37-12-13-38-22(16-37)18-42-29-26(31(38)41)30(35-28(27(29)32)23-6-4-5-7-24(23)33)39-17-21(14-19(39)2)36-10-8-20(15-34)9-11-36/h3-7,19-22H,1,8-14,16-18H2,2H3/t19-,21?,22+/m0/s1. The van der Waals surface area contributed by atoms with Crippen molar-refractivity contribution in [2.75, 3.05) is 50.8 Å². The van der Waals surface area contributed by atoms with Crippen LogP contribution in [0, 0.1) is 23.1 Å². The van der Waals surface area contributed by atoms with Gasteiger partial charge in [-0.15, -0.1) is 0 Å². The van der Waals surface area contributed by atoms with Gasteiger partial charge in [0.2, 0.25) is 5.91 Å². The number of amides is 2. The number of likely N-dealkylation sites (tertiary alicyclic amines) is 1. The summed E-state index contributed by atoms with van der Waals surface area (Å²) in [5.74, 6) is -0.189. The van der Waals surface area contributed by atoms with Gasteiger partial charge >= 0.3 is 0 Å². The molecule has 6 rings (SSSR count). The summed E-state index contributed by atoms with van der Waals surface area (Å²) in [6, 6.07) is 8.59. The van der Waals surface area contributed by atoms with E-state index in [9.17, 15) is 14.9 Å². The number of hydrogen-bond donors (Lipinski definition) is 0. The quantitative estimate of drug-likeness (QED) is 0.496. The fourth-order valence-electron chi connectivity index (χ4n) is 6.77. The second-order valence-corrected chi connectivity index (χ2v) is 11.9. The van der Waals surface area contributed by atoms with Crippen molar-refractivity contribution in [1.29, 1.82) is 5.26 Å². The molecule has 220 valence electrons. The molecule has 0 aliphatic carbocycles. The van der Waals surface area contributed by atoms with E-state index < -0.39 is 5.82 Å². The summed E-state index contributed by atoms with van der Waals surface area (Å²) >= 11 is 6.91. The Morgan fingerprint density at radius 1 is 1.17 bits per heavy atom. The van der Waals surface area contributed by atoms with E-state index in [-0.39, 0.29) is 70.1 Å². The minimum atomic E-state index is -0.471. The molecule has 0 saturated carbocycles. The highest BCUT2D eigenvalue weighted by Gasteiger charge is 2.43. The zero-order chi connectivity index (χ0) is 29.5. The predicted molar refractivity (Wildman–Crippen MR) is 157 cm³/mol. The summed E-state index contributed by atoms with van der Waals surface area (Å²) in [5, 5.41) is 9.43. The topological polar surface area (TPSA) is 93.0 Å². The molecule has 4 aliphatic heterocycles. The van der Waals surface area contributed by atoms with Crippen LogP contribution in [0.5, 0.6) is 5.75 Å². The molecule has 1 aromatic heterocycles. The number of pyridine rings is 1. The molecule has 1 unspecified atom stereocenters. The van der Waals surface area contributed by atoms with E-state index in [1.807, 2.05) is 0 Å². The van der Waals surface area contributed by atoms with Gasteiger partial charge < -0.3 is 19.4 Å². The summed E-state index contributed by atoms with van der Waals surface area (Å²) < 4.78 is 21.4. The van der Waals surface area contributed by atoms with Crippen molar-refractivity contribution >= 4 is 29.2 Å². The van der Waals surface area contributed by atoms with Crippen LogP contribution in [-0.4, -0.2) is 95.5 Å². The van der Waals surface area contributed by atoms with Crippen molar-refractivity contribution in [3.8, 4) is 23.1 Å². The van der Waals surface area contributed by atoms with Gasteiger partial charge in [-0.05, 0) is 57.5 Å². The number of halogens is 2. The van der Waals surface area contributed by atoms with Crippen molar-refractivity contribution in [3.05, 3.63) is 53.3 Å². The molecule has 3 fully saturated rings. The molecule has 0 N–H and O–H groups in total. The molecule has 9 nitrogen and oxygen atoms in total. The third-order valence-electron chi connectivity index (χ3n) is 9.12. The van der Waals surface area contributed by atoms with Crippen LogP contribution in [0.15, 0.2) is 36.9 Å². The van der Waals surface area contributed by atoms with E-state index in [1.165, 1.54) is 12.1 Å². The number of fused-ring (bicyclic) bond motifs is 2. The summed E-state index contributed by atoms with van der Waals surface area (Å²) in [6.07, 6.45) is 3.84. The predicted octanol–water partition coefficient (Wildman–Crippen LogP) is 3.98. The van der Waals surface area contributed by atoms with Crippen molar-refractivity contribution in [2.24, 2.45) is 5.92 Å². The molecule has 0 spiro atoms. The lowest BCUT2D eigenvalue weighted by Gasteiger charge is -2.39. The van der Waals surface area contributed by atoms with Gasteiger partial charge in [0.25, 0.3) is 5.91 Å². The van der Waals surface area contributed by atoms with Crippen LogP contribution in [0.4, 0.5) is 10.2 Å². The first-order valence-corrected chi connectivity index (χ1v) is 14.9. The fourth-order valence-corrected chi connectivity index (χ4v) is 7.06. The minimum Gasteiger partial charge on any atom is -0.489 e. The lowest BCUT2D eigenvalue weighted by molar-refractivity contribution is -0.128. The van der Waals surface area contributed by atoms with Crippen LogP contribution < -0.4 is 9.64 Å². The number of hydrogen-bond acceptors (Lipinski definition) is 7. The number of anilines is 1. The second-order valence-electron chi connectivity index (χ2n) is 11.6. The molecule has 5 heterocycles. The van der Waals surface area contributed by atoms with E-state index in [4.69, 9.17) is 21.3 Å². The number of ether oxygens (including phenoxy) is 1. The Morgan fingerprint density at radius 2 is 1.93 bits per heavy atom. The number of piperazine rings is 1. The first kappa shape index (κ1) is 28.4. The summed E-state index contributed by atoms with van der Waals surface area (Å²) in [7, 11) is 0. The van der Waals surface area contributed by atoms with Gasteiger partial charge in [-0.1, -0.05) is 30.3 Å². The summed E-state index contributed by atoms with van der Waals surface area (Å²) in [5.41, 5.74) is 0.737. The number of nitriles is 1. The third-order valence-corrected chi connectivity index (χ3v) is 9.47. The second kappa shape index (κ2) is 11.5. The molecular weight excluding hydrogens is 559 g/mol. The Balaban J connectivity index is 1.41. The Hall–Kier alpha value is -3.68. The first-order valence-electron chi connectivity index (χ1n) is 14.5. The van der Waals surface area contributed by atoms with Gasteiger partial charge in [-0.25, -0.2) is 9.37 Å². The maximum absolute atomic E-state index is 15.1. The normalized spacial score (nSPS) is 24.9. The molecule has 42 heavy (non-hydrogen) atoms. The number of rotatable bonds is 4. The van der Waals surface area contributed by atoms with Crippen LogP contribution in [0.1, 0.15) is 36.5 Å². The van der Waals surface area contributed by atoms with E-state index in [1.54, 1.807) is 28.0 Å². The van der Waals surface area contributed by atoms with Gasteiger partial charge in [-0.2, -0.15) is 5.26 Å². The van der Waals surface area contributed by atoms with Crippen LogP contribution in [0.3, 0.4) is 0 Å². The molecule has 0 bridgehead atoms. The van der Waals surface area contributed by atoms with E-state index in [2.05, 4.69) is 29.4 Å². The molecule has 2 amide bonds.